The van der Waals surface area contributed by atoms with Crippen molar-refractivity contribution in [3.05, 3.63) is 29.6 Å². The lowest BCUT2D eigenvalue weighted by molar-refractivity contribution is 0.0690. The molecular formula is C13H17N3O3S2. The molecule has 1 fully saturated rings. The molecule has 6 nitrogen and oxygen atoms in total. The van der Waals surface area contributed by atoms with Crippen molar-refractivity contribution in [3.63, 3.8) is 0 Å². The quantitative estimate of drug-likeness (QED) is 0.758. The molecule has 1 aromatic rings. The summed E-state index contributed by atoms with van der Waals surface area (Å²) in [6.07, 6.45) is 1.46. The summed E-state index contributed by atoms with van der Waals surface area (Å²) in [5.74, 6) is 2.34. The highest BCUT2D eigenvalue weighted by Crippen LogP contribution is 2.23. The van der Waals surface area contributed by atoms with Gasteiger partial charge in [0.1, 0.15) is 5.69 Å². The third kappa shape index (κ3) is 5.47. The van der Waals surface area contributed by atoms with E-state index in [1.54, 1.807) is 6.07 Å². The Morgan fingerprint density at radius 2 is 2.19 bits per heavy atom. The molecule has 2 heterocycles. The predicted molar refractivity (Wildman–Crippen MR) is 85.0 cm³/mol. The highest BCUT2D eigenvalue weighted by atomic mass is 32.2. The summed E-state index contributed by atoms with van der Waals surface area (Å²) in [6, 6.07) is 2.85. The number of carboxylic acid groups (broad SMARTS) is 1. The fourth-order valence-electron chi connectivity index (χ4n) is 1.76. The largest absolute Gasteiger partial charge is 0.477 e. The minimum Gasteiger partial charge on any atom is -0.477 e. The molecule has 8 heteroatoms. The molecule has 0 saturated carbocycles. The summed E-state index contributed by atoms with van der Waals surface area (Å²) in [5.41, 5.74) is 0.757. The van der Waals surface area contributed by atoms with Gasteiger partial charge in [-0.05, 0) is 11.6 Å². The second-order valence-electron chi connectivity index (χ2n) is 4.49. The van der Waals surface area contributed by atoms with Crippen LogP contribution in [-0.4, -0.2) is 51.1 Å². The van der Waals surface area contributed by atoms with E-state index in [1.165, 1.54) is 18.0 Å². The van der Waals surface area contributed by atoms with Gasteiger partial charge in [-0.1, -0.05) is 6.07 Å². The topological polar surface area (TPSA) is 91.3 Å². The maximum absolute atomic E-state index is 11.7. The third-order valence-electron chi connectivity index (χ3n) is 2.87. The van der Waals surface area contributed by atoms with Crippen LogP contribution in [0, 0.1) is 0 Å². The van der Waals surface area contributed by atoms with Gasteiger partial charge in [0.2, 0.25) is 0 Å². The summed E-state index contributed by atoms with van der Waals surface area (Å²) < 4.78 is 0. The average molecular weight is 327 g/mol. The van der Waals surface area contributed by atoms with Crippen molar-refractivity contribution < 1.29 is 14.7 Å². The summed E-state index contributed by atoms with van der Waals surface area (Å²) in [6.45, 7) is 0.991. The Balaban J connectivity index is 1.69. The lowest BCUT2D eigenvalue weighted by Crippen LogP contribution is -2.40. The van der Waals surface area contributed by atoms with Crippen LogP contribution in [0.4, 0.5) is 4.79 Å². The highest BCUT2D eigenvalue weighted by Gasteiger charge is 2.14. The third-order valence-corrected chi connectivity index (χ3v) is 5.72. The van der Waals surface area contributed by atoms with E-state index in [-0.39, 0.29) is 11.7 Å². The van der Waals surface area contributed by atoms with Gasteiger partial charge in [-0.3, -0.25) is 0 Å². The molecule has 1 aliphatic heterocycles. The number of amides is 2. The minimum atomic E-state index is -1.06. The van der Waals surface area contributed by atoms with Gasteiger partial charge in [-0.2, -0.15) is 23.5 Å². The van der Waals surface area contributed by atoms with Crippen LogP contribution in [0.5, 0.6) is 0 Å². The Bertz CT molecular complexity index is 490. The van der Waals surface area contributed by atoms with Crippen LogP contribution in [-0.2, 0) is 6.54 Å². The average Bonchev–Trinajstić information content (AvgIpc) is 2.52. The number of carboxylic acids is 1. The van der Waals surface area contributed by atoms with Gasteiger partial charge in [0.15, 0.2) is 0 Å². The van der Waals surface area contributed by atoms with Crippen molar-refractivity contribution in [1.29, 1.82) is 0 Å². The van der Waals surface area contributed by atoms with Crippen molar-refractivity contribution >= 4 is 35.5 Å². The molecule has 0 bridgehead atoms. The molecule has 1 saturated heterocycles. The number of carbonyl (C=O) groups excluding carboxylic acids is 1. The van der Waals surface area contributed by atoms with E-state index in [0.29, 0.717) is 18.3 Å². The Morgan fingerprint density at radius 1 is 1.33 bits per heavy atom. The van der Waals surface area contributed by atoms with Crippen LogP contribution in [0.25, 0.3) is 0 Å². The number of hydrogen-bond acceptors (Lipinski definition) is 5. The van der Waals surface area contributed by atoms with Gasteiger partial charge in [0, 0.05) is 41.8 Å². The van der Waals surface area contributed by atoms with E-state index in [9.17, 15) is 9.59 Å². The molecular weight excluding hydrogens is 310 g/mol. The zero-order chi connectivity index (χ0) is 15.1. The Labute approximate surface area is 131 Å². The van der Waals surface area contributed by atoms with Crippen molar-refractivity contribution in [3.8, 4) is 0 Å². The van der Waals surface area contributed by atoms with Gasteiger partial charge >= 0.3 is 12.0 Å². The number of rotatable bonds is 5. The lowest BCUT2D eigenvalue weighted by Gasteiger charge is -2.21. The molecule has 1 atom stereocenters. The van der Waals surface area contributed by atoms with E-state index in [1.807, 2.05) is 23.5 Å². The molecule has 1 aromatic heterocycles. The highest BCUT2D eigenvalue weighted by molar-refractivity contribution is 8.06. The van der Waals surface area contributed by atoms with Crippen LogP contribution in [0.15, 0.2) is 18.3 Å². The maximum Gasteiger partial charge on any atom is 0.354 e. The number of pyridine rings is 1. The van der Waals surface area contributed by atoms with Crippen molar-refractivity contribution in [2.75, 3.05) is 23.8 Å². The molecule has 0 aromatic carbocycles. The summed E-state index contributed by atoms with van der Waals surface area (Å²) >= 11 is 3.81. The number of hydrogen-bond donors (Lipinski definition) is 3. The van der Waals surface area contributed by atoms with E-state index in [4.69, 9.17) is 5.11 Å². The van der Waals surface area contributed by atoms with Crippen LogP contribution in [0.3, 0.4) is 0 Å². The van der Waals surface area contributed by atoms with Crippen LogP contribution in [0.1, 0.15) is 16.1 Å². The van der Waals surface area contributed by atoms with Gasteiger partial charge < -0.3 is 15.7 Å². The molecule has 21 heavy (non-hydrogen) atoms. The molecule has 0 radical (unpaired) electrons. The molecule has 1 aliphatic rings. The van der Waals surface area contributed by atoms with E-state index in [2.05, 4.69) is 15.6 Å². The normalized spacial score (nSPS) is 18.0. The zero-order valence-corrected chi connectivity index (χ0v) is 13.0. The van der Waals surface area contributed by atoms with Crippen LogP contribution >= 0.6 is 23.5 Å². The first kappa shape index (κ1) is 16.0. The number of aromatic nitrogens is 1. The SMILES string of the molecule is O=C(NCc1ccc(C(=O)O)nc1)NCC1CSCCS1. The summed E-state index contributed by atoms with van der Waals surface area (Å²) in [7, 11) is 0. The van der Waals surface area contributed by atoms with Gasteiger partial charge in [0.25, 0.3) is 0 Å². The standard InChI is InChI=1S/C13H17N3O3S2/c17-12(18)11-2-1-9(5-14-11)6-15-13(19)16-7-10-8-20-3-4-21-10/h1-2,5,10H,3-4,6-8H2,(H,17,18)(H2,15,16,19). The Kier molecular flexibility index (Phi) is 6.19. The maximum atomic E-state index is 11.7. The smallest absolute Gasteiger partial charge is 0.354 e. The number of aromatic carboxylic acids is 1. The first-order valence-electron chi connectivity index (χ1n) is 6.54. The molecule has 2 rings (SSSR count). The predicted octanol–water partition coefficient (Wildman–Crippen LogP) is 1.43. The van der Waals surface area contributed by atoms with E-state index in [0.717, 1.165) is 17.1 Å². The van der Waals surface area contributed by atoms with Crippen LogP contribution < -0.4 is 10.6 Å². The fraction of sp³-hybridized carbons (Fsp3) is 0.462. The fourth-order valence-corrected chi connectivity index (χ4v) is 4.37. The van der Waals surface area contributed by atoms with E-state index < -0.39 is 5.97 Å². The van der Waals surface area contributed by atoms with Crippen molar-refractivity contribution in [2.45, 2.75) is 11.8 Å². The first-order chi connectivity index (χ1) is 10.1. The lowest BCUT2D eigenvalue weighted by atomic mass is 10.2. The molecule has 1 unspecified atom stereocenters. The first-order valence-corrected chi connectivity index (χ1v) is 8.75. The number of nitrogens with zero attached hydrogens (tertiary/aromatic N) is 1. The van der Waals surface area contributed by atoms with Gasteiger partial charge in [0.05, 0.1) is 0 Å². The van der Waals surface area contributed by atoms with Crippen molar-refractivity contribution in [1.82, 2.24) is 15.6 Å². The molecule has 0 spiro atoms. The number of nitrogens with one attached hydrogen (secondary N) is 2. The number of thioether (sulfide) groups is 2. The minimum absolute atomic E-state index is 0.00461. The second-order valence-corrected chi connectivity index (χ2v) is 7.05. The summed E-state index contributed by atoms with van der Waals surface area (Å²) in [4.78, 5) is 26.1. The van der Waals surface area contributed by atoms with Gasteiger partial charge in [-0.15, -0.1) is 0 Å². The van der Waals surface area contributed by atoms with Gasteiger partial charge in [-0.25, -0.2) is 14.6 Å². The van der Waals surface area contributed by atoms with E-state index >= 15 is 0 Å². The zero-order valence-electron chi connectivity index (χ0n) is 11.4. The Morgan fingerprint density at radius 3 is 2.81 bits per heavy atom. The number of urea groups is 1. The second kappa shape index (κ2) is 8.14. The monoisotopic (exact) mass is 327 g/mol. The Hall–Kier alpha value is -1.41. The van der Waals surface area contributed by atoms with Crippen molar-refractivity contribution in [2.24, 2.45) is 0 Å². The molecule has 0 aliphatic carbocycles. The molecule has 114 valence electrons. The molecule has 3 N–H and O–H groups in total. The van der Waals surface area contributed by atoms with Crippen LogP contribution in [0.2, 0.25) is 0 Å². The summed E-state index contributed by atoms with van der Waals surface area (Å²) in [5, 5.41) is 14.8. The molecule has 2 amide bonds. The number of carbonyl (C=O) groups is 2.